The molecule has 1 aromatic heterocycles. The number of anilines is 1. The van der Waals surface area contributed by atoms with Gasteiger partial charge in [-0.1, -0.05) is 11.6 Å². The van der Waals surface area contributed by atoms with Gasteiger partial charge < -0.3 is 20.0 Å². The van der Waals surface area contributed by atoms with Gasteiger partial charge in [-0.3, -0.25) is 4.79 Å². The number of rotatable bonds is 6. The smallest absolute Gasteiger partial charge is 0.251 e. The van der Waals surface area contributed by atoms with Crippen LogP contribution >= 0.6 is 11.6 Å². The summed E-state index contributed by atoms with van der Waals surface area (Å²) >= 11 is 6.08. The molecule has 31 heavy (non-hydrogen) atoms. The molecule has 1 saturated heterocycles. The van der Waals surface area contributed by atoms with Crippen LogP contribution < -0.4 is 10.3 Å². The first-order chi connectivity index (χ1) is 15.0. The van der Waals surface area contributed by atoms with Crippen LogP contribution in [-0.4, -0.2) is 54.7 Å². The molecule has 2 N–H and O–H groups in total. The number of amides is 1. The lowest BCUT2D eigenvalue weighted by atomic mass is 10.1. The van der Waals surface area contributed by atoms with Crippen molar-refractivity contribution in [3.8, 4) is 0 Å². The molecule has 1 fully saturated rings. The molecule has 0 unspecified atom stereocenters. The van der Waals surface area contributed by atoms with Crippen LogP contribution in [-0.2, 0) is 4.74 Å². The highest BCUT2D eigenvalue weighted by Crippen LogP contribution is 2.26. The molecule has 1 aliphatic heterocycles. The lowest BCUT2D eigenvalue weighted by Gasteiger charge is -2.38. The van der Waals surface area contributed by atoms with Gasteiger partial charge in [-0.05, 0) is 61.7 Å². The predicted octanol–water partition coefficient (Wildman–Crippen LogP) is 4.09. The molecule has 3 aromatic rings. The molecule has 7 nitrogen and oxygen atoms in total. The second kappa shape index (κ2) is 9.26. The highest BCUT2D eigenvalue weighted by atomic mass is 35.5. The Bertz CT molecular complexity index is 1080. The van der Waals surface area contributed by atoms with Crippen molar-refractivity contribution >= 4 is 34.2 Å². The van der Waals surface area contributed by atoms with Crippen LogP contribution in [0.1, 0.15) is 40.6 Å². The number of H-pyrrole nitrogens is 1. The van der Waals surface area contributed by atoms with E-state index in [2.05, 4.69) is 32.4 Å². The summed E-state index contributed by atoms with van der Waals surface area (Å²) in [5, 5.41) is 8.21. The molecule has 0 saturated carbocycles. The van der Waals surface area contributed by atoms with Crippen molar-refractivity contribution in [2.75, 3.05) is 38.9 Å². The first-order valence-corrected chi connectivity index (χ1v) is 10.9. The fourth-order valence-corrected chi connectivity index (χ4v) is 4.22. The van der Waals surface area contributed by atoms with Crippen LogP contribution in [0.3, 0.4) is 0 Å². The number of aromatic nitrogens is 2. The van der Waals surface area contributed by atoms with Crippen molar-refractivity contribution in [3.05, 3.63) is 58.4 Å². The van der Waals surface area contributed by atoms with Gasteiger partial charge in [-0.2, -0.15) is 0 Å². The summed E-state index contributed by atoms with van der Waals surface area (Å²) in [5.74, 6) is 0.470. The van der Waals surface area contributed by atoms with Crippen molar-refractivity contribution in [2.24, 2.45) is 0 Å². The van der Waals surface area contributed by atoms with E-state index >= 15 is 0 Å². The molecular formula is C23H28ClN5O2. The standard InChI is InChI=1S/C23H28ClN5O2/c1-15-12-16(6-9-21(15)29-11-5-4-10-28(29)2)23(30)27-20(14-31-3)22-25-18-8-7-17(24)13-19(18)26-22/h6-9,12-13,20H,4-5,10-11,14H2,1-3H3,(H,25,26)(H,27,30)/t20-/m1/s1. The van der Waals surface area contributed by atoms with E-state index in [0.29, 0.717) is 23.0 Å². The quantitative estimate of drug-likeness (QED) is 0.602. The van der Waals surface area contributed by atoms with Gasteiger partial charge in [0.25, 0.3) is 5.91 Å². The average Bonchev–Trinajstić information content (AvgIpc) is 3.17. The molecule has 1 atom stereocenters. The van der Waals surface area contributed by atoms with E-state index in [0.717, 1.165) is 35.4 Å². The van der Waals surface area contributed by atoms with Crippen LogP contribution in [0.5, 0.6) is 0 Å². The Morgan fingerprint density at radius 3 is 2.81 bits per heavy atom. The fraction of sp³-hybridized carbons (Fsp3) is 0.391. The first-order valence-electron chi connectivity index (χ1n) is 10.5. The van der Waals surface area contributed by atoms with Gasteiger partial charge in [0.2, 0.25) is 0 Å². The molecule has 0 spiro atoms. The molecule has 4 rings (SSSR count). The zero-order chi connectivity index (χ0) is 22.0. The summed E-state index contributed by atoms with van der Waals surface area (Å²) < 4.78 is 5.34. The molecule has 164 valence electrons. The summed E-state index contributed by atoms with van der Waals surface area (Å²) in [6.07, 6.45) is 2.38. The maximum absolute atomic E-state index is 13.0. The number of hydrogen-bond acceptors (Lipinski definition) is 5. The maximum atomic E-state index is 13.0. The monoisotopic (exact) mass is 441 g/mol. The number of hydrazine groups is 1. The van der Waals surface area contributed by atoms with E-state index in [1.165, 1.54) is 12.8 Å². The van der Waals surface area contributed by atoms with Gasteiger partial charge >= 0.3 is 0 Å². The Balaban J connectivity index is 1.53. The van der Waals surface area contributed by atoms with Crippen molar-refractivity contribution in [2.45, 2.75) is 25.8 Å². The van der Waals surface area contributed by atoms with E-state index < -0.39 is 6.04 Å². The minimum absolute atomic E-state index is 0.165. The Kier molecular flexibility index (Phi) is 6.46. The molecule has 0 aliphatic carbocycles. The van der Waals surface area contributed by atoms with E-state index in [-0.39, 0.29) is 5.91 Å². The zero-order valence-corrected chi connectivity index (χ0v) is 18.9. The SMILES string of the molecule is COC[C@@H](NC(=O)c1ccc(N2CCCCN2C)c(C)c1)c1nc2ccc(Cl)cc2[nH]1. The topological polar surface area (TPSA) is 73.5 Å². The number of aromatic amines is 1. The van der Waals surface area contributed by atoms with Gasteiger partial charge in [-0.25, -0.2) is 9.99 Å². The predicted molar refractivity (Wildman–Crippen MR) is 124 cm³/mol. The minimum Gasteiger partial charge on any atom is -0.382 e. The molecule has 8 heteroatoms. The molecular weight excluding hydrogens is 414 g/mol. The normalized spacial score (nSPS) is 15.9. The lowest BCUT2D eigenvalue weighted by Crippen LogP contribution is -2.45. The number of hydrogen-bond donors (Lipinski definition) is 2. The molecule has 0 bridgehead atoms. The third kappa shape index (κ3) is 4.69. The molecule has 2 heterocycles. The van der Waals surface area contributed by atoms with E-state index in [1.54, 1.807) is 13.2 Å². The highest BCUT2D eigenvalue weighted by Gasteiger charge is 2.22. The summed E-state index contributed by atoms with van der Waals surface area (Å²) in [4.78, 5) is 20.9. The van der Waals surface area contributed by atoms with Crippen LogP contribution in [0.15, 0.2) is 36.4 Å². The number of nitrogens with one attached hydrogen (secondary N) is 2. The number of ether oxygens (including phenoxy) is 1. The largest absolute Gasteiger partial charge is 0.382 e. The number of nitrogens with zero attached hydrogens (tertiary/aromatic N) is 3. The Hall–Kier alpha value is -2.61. The molecule has 1 aliphatic rings. The second-order valence-electron chi connectivity index (χ2n) is 7.98. The Morgan fingerprint density at radius 2 is 2.06 bits per heavy atom. The summed E-state index contributed by atoms with van der Waals surface area (Å²) in [6.45, 7) is 4.39. The number of aryl methyl sites for hydroxylation is 1. The van der Waals surface area contributed by atoms with Crippen LogP contribution in [0, 0.1) is 6.92 Å². The third-order valence-corrected chi connectivity index (χ3v) is 5.92. The fourth-order valence-electron chi connectivity index (χ4n) is 4.05. The maximum Gasteiger partial charge on any atom is 0.251 e. The van der Waals surface area contributed by atoms with Crippen molar-refractivity contribution in [1.82, 2.24) is 20.3 Å². The lowest BCUT2D eigenvalue weighted by molar-refractivity contribution is 0.0892. The summed E-state index contributed by atoms with van der Waals surface area (Å²) in [6, 6.07) is 10.9. The van der Waals surface area contributed by atoms with E-state index in [9.17, 15) is 4.79 Å². The van der Waals surface area contributed by atoms with Crippen molar-refractivity contribution < 1.29 is 9.53 Å². The van der Waals surface area contributed by atoms with Crippen LogP contribution in [0.4, 0.5) is 5.69 Å². The Morgan fingerprint density at radius 1 is 1.26 bits per heavy atom. The van der Waals surface area contributed by atoms with E-state index in [1.807, 2.05) is 37.3 Å². The minimum atomic E-state index is -0.406. The second-order valence-corrected chi connectivity index (χ2v) is 8.41. The average molecular weight is 442 g/mol. The first kappa shape index (κ1) is 21.6. The van der Waals surface area contributed by atoms with Gasteiger partial charge in [0.05, 0.1) is 23.3 Å². The van der Waals surface area contributed by atoms with Crippen molar-refractivity contribution in [1.29, 1.82) is 0 Å². The highest BCUT2D eigenvalue weighted by molar-refractivity contribution is 6.31. The molecule has 1 amide bonds. The third-order valence-electron chi connectivity index (χ3n) is 5.68. The number of methoxy groups -OCH3 is 1. The molecule has 2 aromatic carbocycles. The van der Waals surface area contributed by atoms with Crippen LogP contribution in [0.2, 0.25) is 5.02 Å². The van der Waals surface area contributed by atoms with Gasteiger partial charge in [0.1, 0.15) is 11.9 Å². The van der Waals surface area contributed by atoms with Crippen LogP contribution in [0.25, 0.3) is 11.0 Å². The van der Waals surface area contributed by atoms with E-state index in [4.69, 9.17) is 16.3 Å². The number of imidazole rings is 1. The number of carbonyl (C=O) groups excluding carboxylic acids is 1. The number of benzene rings is 2. The van der Waals surface area contributed by atoms with Gasteiger partial charge in [-0.15, -0.1) is 0 Å². The van der Waals surface area contributed by atoms with Crippen molar-refractivity contribution in [3.63, 3.8) is 0 Å². The number of carbonyl (C=O) groups is 1. The molecule has 0 radical (unpaired) electrons. The summed E-state index contributed by atoms with van der Waals surface area (Å²) in [5.41, 5.74) is 4.44. The summed E-state index contributed by atoms with van der Waals surface area (Å²) in [7, 11) is 3.71. The number of fused-ring (bicyclic) bond motifs is 1. The van der Waals surface area contributed by atoms with Gasteiger partial charge in [0, 0.05) is 37.8 Å². The van der Waals surface area contributed by atoms with Gasteiger partial charge in [0.15, 0.2) is 0 Å². The Labute approximate surface area is 187 Å². The number of halogens is 1. The zero-order valence-electron chi connectivity index (χ0n) is 18.1.